The van der Waals surface area contributed by atoms with E-state index in [0.29, 0.717) is 5.92 Å². The van der Waals surface area contributed by atoms with Crippen LogP contribution in [0.3, 0.4) is 0 Å². The Labute approximate surface area is 151 Å². The predicted octanol–water partition coefficient (Wildman–Crippen LogP) is 3.81. The van der Waals surface area contributed by atoms with E-state index >= 15 is 0 Å². The lowest BCUT2D eigenvalue weighted by atomic mass is 10.2. The van der Waals surface area contributed by atoms with Crippen molar-refractivity contribution in [1.29, 1.82) is 0 Å². The summed E-state index contributed by atoms with van der Waals surface area (Å²) in [7, 11) is 0. The molecule has 1 aromatic carbocycles. The number of aryl methyl sites for hydroxylation is 1. The molecule has 1 fully saturated rings. The number of benzene rings is 1. The highest BCUT2D eigenvalue weighted by Gasteiger charge is 2.31. The van der Waals surface area contributed by atoms with E-state index in [0.717, 1.165) is 33.9 Å². The summed E-state index contributed by atoms with van der Waals surface area (Å²) in [6.45, 7) is 4.21. The Morgan fingerprint density at radius 3 is 2.81 bits per heavy atom. The molecule has 6 nitrogen and oxygen atoms in total. The molecule has 26 heavy (non-hydrogen) atoms. The van der Waals surface area contributed by atoms with E-state index in [9.17, 15) is 0 Å². The molecule has 1 aliphatic carbocycles. The Hall–Kier alpha value is -3.02. The van der Waals surface area contributed by atoms with Crippen molar-refractivity contribution in [3.63, 3.8) is 0 Å². The van der Waals surface area contributed by atoms with Crippen molar-refractivity contribution in [2.24, 2.45) is 0 Å². The summed E-state index contributed by atoms with van der Waals surface area (Å²) in [6.07, 6.45) is 7.93. The molecule has 6 heteroatoms. The maximum absolute atomic E-state index is 4.94. The molecule has 4 aromatic rings. The van der Waals surface area contributed by atoms with Gasteiger partial charge in [0, 0.05) is 18.3 Å². The van der Waals surface area contributed by atoms with Crippen LogP contribution in [-0.4, -0.2) is 29.3 Å². The monoisotopic (exact) mass is 344 g/mol. The van der Waals surface area contributed by atoms with Crippen LogP contribution in [-0.2, 0) is 0 Å². The molecule has 1 aliphatic rings. The number of aromatic nitrogens is 6. The normalized spacial score (nSPS) is 15.5. The molecule has 3 aromatic heterocycles. The summed E-state index contributed by atoms with van der Waals surface area (Å²) in [5.41, 5.74) is 4.22. The van der Waals surface area contributed by atoms with Crippen molar-refractivity contribution in [3.05, 3.63) is 66.3 Å². The Balaban J connectivity index is 1.67. The van der Waals surface area contributed by atoms with E-state index in [1.165, 1.54) is 12.8 Å². The van der Waals surface area contributed by atoms with E-state index in [1.54, 1.807) is 0 Å². The standard InChI is InChI=1S/C20H20N6/c1-13-11-21-10-9-17(13)26-20(23-19(24-26)15-7-8-15)14(2)25-12-22-16-5-3-4-6-18(16)25/h3-6,9-12,14-15H,7-8H2,1-2H3. The number of nitrogens with zero attached hydrogens (tertiary/aromatic N) is 6. The smallest absolute Gasteiger partial charge is 0.155 e. The first kappa shape index (κ1) is 15.3. The van der Waals surface area contributed by atoms with Crippen molar-refractivity contribution in [3.8, 4) is 5.69 Å². The van der Waals surface area contributed by atoms with Crippen LogP contribution in [0.1, 0.15) is 48.9 Å². The number of para-hydroxylation sites is 2. The topological polar surface area (TPSA) is 61.4 Å². The SMILES string of the molecule is Cc1cnccc1-n1nc(C2CC2)nc1C(C)n1cnc2ccccc21. The fraction of sp³-hybridized carbons (Fsp3) is 0.300. The molecule has 130 valence electrons. The lowest BCUT2D eigenvalue weighted by molar-refractivity contribution is 0.592. The molecular weight excluding hydrogens is 324 g/mol. The van der Waals surface area contributed by atoms with Crippen LogP contribution in [0, 0.1) is 6.92 Å². The van der Waals surface area contributed by atoms with E-state index in [2.05, 4.69) is 34.4 Å². The largest absolute Gasteiger partial charge is 0.320 e. The maximum Gasteiger partial charge on any atom is 0.155 e. The minimum atomic E-state index is 0.0231. The fourth-order valence-electron chi connectivity index (χ4n) is 3.42. The summed E-state index contributed by atoms with van der Waals surface area (Å²) < 4.78 is 4.16. The van der Waals surface area contributed by atoms with Crippen LogP contribution >= 0.6 is 0 Å². The van der Waals surface area contributed by atoms with Crippen molar-refractivity contribution >= 4 is 11.0 Å². The first-order chi connectivity index (χ1) is 12.7. The fourth-order valence-corrected chi connectivity index (χ4v) is 3.42. The van der Waals surface area contributed by atoms with Gasteiger partial charge in [-0.2, -0.15) is 5.10 Å². The van der Waals surface area contributed by atoms with Crippen LogP contribution < -0.4 is 0 Å². The van der Waals surface area contributed by atoms with Gasteiger partial charge in [-0.15, -0.1) is 0 Å². The van der Waals surface area contributed by atoms with E-state index in [-0.39, 0.29) is 6.04 Å². The Morgan fingerprint density at radius 1 is 1.15 bits per heavy atom. The van der Waals surface area contributed by atoms with Gasteiger partial charge in [0.25, 0.3) is 0 Å². The molecule has 0 radical (unpaired) electrons. The Morgan fingerprint density at radius 2 is 2.00 bits per heavy atom. The van der Waals surface area contributed by atoms with Gasteiger partial charge < -0.3 is 4.57 Å². The van der Waals surface area contributed by atoms with Gasteiger partial charge in [0.05, 0.1) is 29.1 Å². The highest BCUT2D eigenvalue weighted by Crippen LogP contribution is 2.39. The summed E-state index contributed by atoms with van der Waals surface area (Å²) in [4.78, 5) is 13.7. The van der Waals surface area contributed by atoms with Gasteiger partial charge in [-0.1, -0.05) is 12.1 Å². The molecule has 5 rings (SSSR count). The lowest BCUT2D eigenvalue weighted by Crippen LogP contribution is -2.13. The van der Waals surface area contributed by atoms with E-state index < -0.39 is 0 Å². The summed E-state index contributed by atoms with van der Waals surface area (Å²) in [5, 5.41) is 4.86. The number of hydrogen-bond donors (Lipinski definition) is 0. The second kappa shape index (κ2) is 5.76. The first-order valence-corrected chi connectivity index (χ1v) is 9.02. The van der Waals surface area contributed by atoms with Gasteiger partial charge in [0.15, 0.2) is 11.6 Å². The summed E-state index contributed by atoms with van der Waals surface area (Å²) in [5.74, 6) is 2.39. The Kier molecular flexibility index (Phi) is 3.38. The zero-order valence-electron chi connectivity index (χ0n) is 14.9. The van der Waals surface area contributed by atoms with Crippen LogP contribution in [0.4, 0.5) is 0 Å². The number of hydrogen-bond acceptors (Lipinski definition) is 4. The van der Waals surface area contributed by atoms with Gasteiger partial charge in [-0.3, -0.25) is 4.98 Å². The van der Waals surface area contributed by atoms with E-state index in [1.807, 2.05) is 47.7 Å². The van der Waals surface area contributed by atoms with Gasteiger partial charge in [0.1, 0.15) is 0 Å². The molecule has 0 spiro atoms. The molecule has 0 N–H and O–H groups in total. The quantitative estimate of drug-likeness (QED) is 0.565. The molecule has 0 saturated heterocycles. The second-order valence-corrected chi connectivity index (χ2v) is 6.99. The third-order valence-corrected chi connectivity index (χ3v) is 5.08. The zero-order valence-corrected chi connectivity index (χ0v) is 14.9. The molecule has 1 saturated carbocycles. The van der Waals surface area contributed by atoms with Crippen LogP contribution in [0.5, 0.6) is 0 Å². The van der Waals surface area contributed by atoms with Crippen LogP contribution in [0.25, 0.3) is 16.7 Å². The third kappa shape index (κ3) is 2.41. The minimum Gasteiger partial charge on any atom is -0.320 e. The van der Waals surface area contributed by atoms with Gasteiger partial charge in [-0.05, 0) is 50.5 Å². The minimum absolute atomic E-state index is 0.0231. The summed E-state index contributed by atoms with van der Waals surface area (Å²) in [6, 6.07) is 10.2. The number of pyridine rings is 1. The van der Waals surface area contributed by atoms with Crippen molar-refractivity contribution in [2.45, 2.75) is 38.6 Å². The molecule has 1 unspecified atom stereocenters. The van der Waals surface area contributed by atoms with E-state index in [4.69, 9.17) is 10.1 Å². The van der Waals surface area contributed by atoms with Crippen LogP contribution in [0.2, 0.25) is 0 Å². The average molecular weight is 344 g/mol. The van der Waals surface area contributed by atoms with Gasteiger partial charge in [-0.25, -0.2) is 14.6 Å². The first-order valence-electron chi connectivity index (χ1n) is 9.02. The van der Waals surface area contributed by atoms with Crippen LogP contribution in [0.15, 0.2) is 49.1 Å². The highest BCUT2D eigenvalue weighted by atomic mass is 15.4. The van der Waals surface area contributed by atoms with Gasteiger partial charge >= 0.3 is 0 Å². The Bertz CT molecular complexity index is 1090. The molecule has 1 atom stereocenters. The molecule has 0 aliphatic heterocycles. The third-order valence-electron chi connectivity index (χ3n) is 5.08. The summed E-state index contributed by atoms with van der Waals surface area (Å²) >= 11 is 0. The zero-order chi connectivity index (χ0) is 17.7. The lowest BCUT2D eigenvalue weighted by Gasteiger charge is -2.16. The van der Waals surface area contributed by atoms with Gasteiger partial charge in [0.2, 0.25) is 0 Å². The average Bonchev–Trinajstić information content (AvgIpc) is 3.28. The number of rotatable bonds is 4. The maximum atomic E-state index is 4.94. The van der Waals surface area contributed by atoms with Crippen molar-refractivity contribution in [2.75, 3.05) is 0 Å². The highest BCUT2D eigenvalue weighted by molar-refractivity contribution is 5.75. The molecule has 0 amide bonds. The number of fused-ring (bicyclic) bond motifs is 1. The molecular formula is C20H20N6. The second-order valence-electron chi connectivity index (χ2n) is 6.99. The molecule has 0 bridgehead atoms. The van der Waals surface area contributed by atoms with Crippen molar-refractivity contribution < 1.29 is 0 Å². The number of imidazole rings is 1. The molecule has 3 heterocycles. The van der Waals surface area contributed by atoms with Crippen molar-refractivity contribution in [1.82, 2.24) is 29.3 Å². The predicted molar refractivity (Wildman–Crippen MR) is 99.4 cm³/mol.